The van der Waals surface area contributed by atoms with Crippen molar-refractivity contribution in [2.24, 2.45) is 0 Å². The Hall–Kier alpha value is -1.31. The van der Waals surface area contributed by atoms with Crippen LogP contribution in [0.2, 0.25) is 0 Å². The Labute approximate surface area is 78.2 Å². The van der Waals surface area contributed by atoms with Crippen LogP contribution in [0, 0.1) is 6.92 Å². The fourth-order valence-electron chi connectivity index (χ4n) is 1.55. The van der Waals surface area contributed by atoms with E-state index in [1.807, 2.05) is 6.33 Å². The van der Waals surface area contributed by atoms with Gasteiger partial charge < -0.3 is 4.57 Å². The molecule has 0 atom stereocenters. The van der Waals surface area contributed by atoms with Crippen molar-refractivity contribution in [3.8, 4) is 0 Å². The Morgan fingerprint density at radius 2 is 2.08 bits per heavy atom. The molecule has 2 rings (SSSR count). The summed E-state index contributed by atoms with van der Waals surface area (Å²) < 4.78 is 2.19. The van der Waals surface area contributed by atoms with Crippen LogP contribution in [-0.2, 0) is 0 Å². The smallest absolute Gasteiger partial charge is 0.0960 e. The summed E-state index contributed by atoms with van der Waals surface area (Å²) in [6.07, 6.45) is 1.91. The van der Waals surface area contributed by atoms with Gasteiger partial charge in [0.05, 0.1) is 17.4 Å². The summed E-state index contributed by atoms with van der Waals surface area (Å²) in [5.74, 6) is 0. The van der Waals surface area contributed by atoms with Crippen molar-refractivity contribution in [2.75, 3.05) is 0 Å². The van der Waals surface area contributed by atoms with E-state index in [1.54, 1.807) is 0 Å². The minimum atomic E-state index is 0.479. The molecule has 2 heteroatoms. The molecule has 2 aromatic rings. The molecular weight excluding hydrogens is 160 g/mol. The highest BCUT2D eigenvalue weighted by atomic mass is 15.1. The van der Waals surface area contributed by atoms with Crippen molar-refractivity contribution in [1.82, 2.24) is 9.55 Å². The van der Waals surface area contributed by atoms with Crippen molar-refractivity contribution in [2.45, 2.75) is 26.8 Å². The number of aryl methyl sites for hydroxylation is 1. The molecule has 0 radical (unpaired) electrons. The second kappa shape index (κ2) is 2.87. The van der Waals surface area contributed by atoms with Crippen LogP contribution >= 0.6 is 0 Å². The van der Waals surface area contributed by atoms with Crippen LogP contribution in [0.4, 0.5) is 0 Å². The van der Waals surface area contributed by atoms with E-state index in [0.29, 0.717) is 6.04 Å². The van der Waals surface area contributed by atoms with E-state index in [-0.39, 0.29) is 0 Å². The molecule has 68 valence electrons. The van der Waals surface area contributed by atoms with E-state index in [9.17, 15) is 0 Å². The highest BCUT2D eigenvalue weighted by Crippen LogP contribution is 2.17. The summed E-state index contributed by atoms with van der Waals surface area (Å²) >= 11 is 0. The quantitative estimate of drug-likeness (QED) is 0.650. The molecule has 0 saturated heterocycles. The van der Waals surface area contributed by atoms with Crippen molar-refractivity contribution in [3.05, 3.63) is 30.1 Å². The van der Waals surface area contributed by atoms with Gasteiger partial charge in [-0.25, -0.2) is 4.98 Å². The zero-order chi connectivity index (χ0) is 9.42. The van der Waals surface area contributed by atoms with Gasteiger partial charge in [0.1, 0.15) is 0 Å². The van der Waals surface area contributed by atoms with Crippen LogP contribution in [0.3, 0.4) is 0 Å². The van der Waals surface area contributed by atoms with Gasteiger partial charge in [0.15, 0.2) is 0 Å². The van der Waals surface area contributed by atoms with Gasteiger partial charge in [0, 0.05) is 6.04 Å². The van der Waals surface area contributed by atoms with E-state index in [1.165, 1.54) is 11.1 Å². The van der Waals surface area contributed by atoms with Gasteiger partial charge in [-0.05, 0) is 38.5 Å². The summed E-state index contributed by atoms with van der Waals surface area (Å²) in [4.78, 5) is 4.36. The molecule has 1 heterocycles. The molecule has 0 N–H and O–H groups in total. The molecule has 0 aliphatic heterocycles. The number of rotatable bonds is 1. The Bertz CT molecular complexity index is 427. The van der Waals surface area contributed by atoms with Crippen molar-refractivity contribution < 1.29 is 0 Å². The molecule has 0 amide bonds. The monoisotopic (exact) mass is 174 g/mol. The molecule has 0 fully saturated rings. The van der Waals surface area contributed by atoms with Crippen LogP contribution in [0.15, 0.2) is 24.5 Å². The Balaban J connectivity index is 2.69. The maximum absolute atomic E-state index is 4.36. The molecule has 0 saturated carbocycles. The summed E-state index contributed by atoms with van der Waals surface area (Å²) in [6.45, 7) is 6.43. The fraction of sp³-hybridized carbons (Fsp3) is 0.364. The van der Waals surface area contributed by atoms with Gasteiger partial charge in [-0.2, -0.15) is 0 Å². The number of hydrogen-bond acceptors (Lipinski definition) is 1. The zero-order valence-corrected chi connectivity index (χ0v) is 8.28. The standard InChI is InChI=1S/C11H14N2/c1-8(2)13-7-12-10-6-9(3)4-5-11(10)13/h4-8H,1-3H3. The largest absolute Gasteiger partial charge is 0.328 e. The number of imidazole rings is 1. The molecule has 1 aromatic heterocycles. The van der Waals surface area contributed by atoms with E-state index >= 15 is 0 Å². The summed E-state index contributed by atoms with van der Waals surface area (Å²) in [7, 11) is 0. The lowest BCUT2D eigenvalue weighted by Gasteiger charge is -2.07. The average molecular weight is 174 g/mol. The van der Waals surface area contributed by atoms with Gasteiger partial charge in [0.25, 0.3) is 0 Å². The first-order valence-electron chi connectivity index (χ1n) is 4.61. The first kappa shape index (κ1) is 8.30. The zero-order valence-electron chi connectivity index (χ0n) is 8.28. The molecule has 13 heavy (non-hydrogen) atoms. The molecule has 0 aliphatic rings. The minimum Gasteiger partial charge on any atom is -0.328 e. The Morgan fingerprint density at radius 1 is 1.31 bits per heavy atom. The number of hydrogen-bond donors (Lipinski definition) is 0. The van der Waals surface area contributed by atoms with Crippen LogP contribution in [-0.4, -0.2) is 9.55 Å². The van der Waals surface area contributed by atoms with Gasteiger partial charge in [-0.1, -0.05) is 6.07 Å². The molecular formula is C11H14N2. The lowest BCUT2D eigenvalue weighted by molar-refractivity contribution is 0.617. The highest BCUT2D eigenvalue weighted by molar-refractivity contribution is 5.76. The summed E-state index contributed by atoms with van der Waals surface area (Å²) in [6, 6.07) is 6.86. The summed E-state index contributed by atoms with van der Waals surface area (Å²) in [5.41, 5.74) is 3.58. The number of benzene rings is 1. The van der Waals surface area contributed by atoms with Crippen LogP contribution in [0.25, 0.3) is 11.0 Å². The third kappa shape index (κ3) is 1.32. The predicted octanol–water partition coefficient (Wildman–Crippen LogP) is 2.93. The number of nitrogens with zero attached hydrogens (tertiary/aromatic N) is 2. The molecule has 0 unspecified atom stereocenters. The van der Waals surface area contributed by atoms with E-state index < -0.39 is 0 Å². The summed E-state index contributed by atoms with van der Waals surface area (Å²) in [5, 5.41) is 0. The van der Waals surface area contributed by atoms with E-state index in [2.05, 4.69) is 48.5 Å². The highest BCUT2D eigenvalue weighted by Gasteiger charge is 2.04. The number of aromatic nitrogens is 2. The normalized spacial score (nSPS) is 11.4. The SMILES string of the molecule is Cc1ccc2c(c1)ncn2C(C)C. The Kier molecular flexibility index (Phi) is 1.83. The van der Waals surface area contributed by atoms with Gasteiger partial charge in [0.2, 0.25) is 0 Å². The third-order valence-corrected chi connectivity index (χ3v) is 2.29. The molecule has 0 aliphatic carbocycles. The predicted molar refractivity (Wildman–Crippen MR) is 54.9 cm³/mol. The average Bonchev–Trinajstić information content (AvgIpc) is 2.46. The lowest BCUT2D eigenvalue weighted by atomic mass is 10.2. The first-order chi connectivity index (χ1) is 6.18. The molecule has 2 nitrogen and oxygen atoms in total. The van der Waals surface area contributed by atoms with Crippen molar-refractivity contribution >= 4 is 11.0 Å². The minimum absolute atomic E-state index is 0.479. The van der Waals surface area contributed by atoms with Gasteiger partial charge >= 0.3 is 0 Å². The molecule has 0 bridgehead atoms. The Morgan fingerprint density at radius 3 is 2.77 bits per heavy atom. The second-order valence-electron chi connectivity index (χ2n) is 3.74. The topological polar surface area (TPSA) is 17.8 Å². The van der Waals surface area contributed by atoms with E-state index in [4.69, 9.17) is 0 Å². The number of fused-ring (bicyclic) bond motifs is 1. The third-order valence-electron chi connectivity index (χ3n) is 2.29. The van der Waals surface area contributed by atoms with Crippen LogP contribution < -0.4 is 0 Å². The fourth-order valence-corrected chi connectivity index (χ4v) is 1.55. The lowest BCUT2D eigenvalue weighted by Crippen LogP contribution is -1.97. The van der Waals surface area contributed by atoms with Crippen molar-refractivity contribution in [3.63, 3.8) is 0 Å². The van der Waals surface area contributed by atoms with Crippen molar-refractivity contribution in [1.29, 1.82) is 0 Å². The van der Waals surface area contributed by atoms with Gasteiger partial charge in [-0.15, -0.1) is 0 Å². The van der Waals surface area contributed by atoms with Gasteiger partial charge in [-0.3, -0.25) is 0 Å². The second-order valence-corrected chi connectivity index (χ2v) is 3.74. The molecule has 1 aromatic carbocycles. The van der Waals surface area contributed by atoms with E-state index in [0.717, 1.165) is 5.52 Å². The maximum Gasteiger partial charge on any atom is 0.0960 e. The molecule has 0 spiro atoms. The first-order valence-corrected chi connectivity index (χ1v) is 4.61. The van der Waals surface area contributed by atoms with Crippen LogP contribution in [0.5, 0.6) is 0 Å². The maximum atomic E-state index is 4.36. The van der Waals surface area contributed by atoms with Crippen LogP contribution in [0.1, 0.15) is 25.5 Å².